The van der Waals surface area contributed by atoms with Crippen LogP contribution in [0.25, 0.3) is 0 Å². The average Bonchev–Trinajstić information content (AvgIpc) is 2.61. The zero-order valence-electron chi connectivity index (χ0n) is 15.0. The van der Waals surface area contributed by atoms with Crippen molar-refractivity contribution in [3.8, 4) is 0 Å². The molecule has 1 saturated heterocycles. The second kappa shape index (κ2) is 8.71. The van der Waals surface area contributed by atoms with Gasteiger partial charge in [-0.1, -0.05) is 24.3 Å². The van der Waals surface area contributed by atoms with Gasteiger partial charge in [0.05, 0.1) is 12.5 Å². The summed E-state index contributed by atoms with van der Waals surface area (Å²) in [5.41, 5.74) is 2.37. The third kappa shape index (κ3) is 4.49. The van der Waals surface area contributed by atoms with Crippen LogP contribution in [0.15, 0.2) is 24.3 Å². The van der Waals surface area contributed by atoms with Gasteiger partial charge >= 0.3 is 6.09 Å². The predicted molar refractivity (Wildman–Crippen MR) is 93.6 cm³/mol. The van der Waals surface area contributed by atoms with E-state index in [0.717, 1.165) is 12.8 Å². The normalized spacial score (nSPS) is 17.5. The molecule has 2 amide bonds. The minimum atomic E-state index is -0.308. The first-order valence-electron chi connectivity index (χ1n) is 8.81. The van der Waals surface area contributed by atoms with Crippen LogP contribution >= 0.6 is 0 Å². The maximum atomic E-state index is 12.9. The molecule has 0 N–H and O–H groups in total. The predicted octanol–water partition coefficient (Wildman–Crippen LogP) is 3.21. The van der Waals surface area contributed by atoms with E-state index in [-0.39, 0.29) is 17.9 Å². The number of carbonyl (C=O) groups excluding carboxylic acids is 2. The van der Waals surface area contributed by atoms with Crippen LogP contribution in [-0.4, -0.2) is 48.0 Å². The summed E-state index contributed by atoms with van der Waals surface area (Å²) < 4.78 is 5.07. The standard InChI is InChI=1S/C19H28N2O3/c1-4-20(13-16-10-7-6-9-15(16)3)18(22)17-11-8-12-21(14-17)19(23)24-5-2/h6-7,9-10,17H,4-5,8,11-14H2,1-3H3. The fourth-order valence-electron chi connectivity index (χ4n) is 3.16. The van der Waals surface area contributed by atoms with Gasteiger partial charge in [-0.2, -0.15) is 0 Å². The zero-order valence-corrected chi connectivity index (χ0v) is 15.0. The molecule has 5 nitrogen and oxygen atoms in total. The lowest BCUT2D eigenvalue weighted by Crippen LogP contribution is -2.46. The van der Waals surface area contributed by atoms with Crippen molar-refractivity contribution in [3.05, 3.63) is 35.4 Å². The van der Waals surface area contributed by atoms with Gasteiger partial charge in [-0.3, -0.25) is 4.79 Å². The van der Waals surface area contributed by atoms with Gasteiger partial charge in [0, 0.05) is 26.2 Å². The van der Waals surface area contributed by atoms with Crippen LogP contribution in [0.4, 0.5) is 4.79 Å². The van der Waals surface area contributed by atoms with Gasteiger partial charge in [0.25, 0.3) is 0 Å². The molecular formula is C19H28N2O3. The van der Waals surface area contributed by atoms with E-state index in [1.807, 2.05) is 24.0 Å². The van der Waals surface area contributed by atoms with Crippen molar-refractivity contribution < 1.29 is 14.3 Å². The molecule has 1 aromatic carbocycles. The highest BCUT2D eigenvalue weighted by molar-refractivity contribution is 5.80. The number of piperidine rings is 1. The number of rotatable bonds is 5. The maximum Gasteiger partial charge on any atom is 0.409 e. The van der Waals surface area contributed by atoms with Gasteiger partial charge in [0.1, 0.15) is 0 Å². The Hall–Kier alpha value is -2.04. The van der Waals surface area contributed by atoms with E-state index in [9.17, 15) is 9.59 Å². The van der Waals surface area contributed by atoms with E-state index in [0.29, 0.717) is 32.8 Å². The molecule has 1 atom stereocenters. The highest BCUT2D eigenvalue weighted by Gasteiger charge is 2.31. The van der Waals surface area contributed by atoms with E-state index >= 15 is 0 Å². The average molecular weight is 332 g/mol. The van der Waals surface area contributed by atoms with Crippen LogP contribution in [0.2, 0.25) is 0 Å². The van der Waals surface area contributed by atoms with Crippen LogP contribution in [0.1, 0.15) is 37.8 Å². The number of hydrogen-bond donors (Lipinski definition) is 0. The molecule has 0 spiro atoms. The fraction of sp³-hybridized carbons (Fsp3) is 0.579. The first kappa shape index (κ1) is 18.3. The van der Waals surface area contributed by atoms with E-state index in [1.165, 1.54) is 11.1 Å². The van der Waals surface area contributed by atoms with E-state index in [2.05, 4.69) is 19.1 Å². The molecule has 1 heterocycles. The summed E-state index contributed by atoms with van der Waals surface area (Å²) in [7, 11) is 0. The lowest BCUT2D eigenvalue weighted by molar-refractivity contribution is -0.137. The van der Waals surface area contributed by atoms with E-state index in [4.69, 9.17) is 4.74 Å². The molecule has 132 valence electrons. The minimum Gasteiger partial charge on any atom is -0.450 e. The molecule has 1 aliphatic rings. The second-order valence-corrected chi connectivity index (χ2v) is 6.26. The largest absolute Gasteiger partial charge is 0.450 e. The monoisotopic (exact) mass is 332 g/mol. The zero-order chi connectivity index (χ0) is 17.5. The minimum absolute atomic E-state index is 0.132. The fourth-order valence-corrected chi connectivity index (χ4v) is 3.16. The molecule has 0 aliphatic carbocycles. The van der Waals surface area contributed by atoms with Crippen LogP contribution < -0.4 is 0 Å². The van der Waals surface area contributed by atoms with Crippen LogP contribution in [0.5, 0.6) is 0 Å². The molecule has 1 fully saturated rings. The number of likely N-dealkylation sites (tertiary alicyclic amines) is 1. The summed E-state index contributed by atoms with van der Waals surface area (Å²) in [6.45, 7) is 8.65. The number of amides is 2. The smallest absolute Gasteiger partial charge is 0.409 e. The van der Waals surface area contributed by atoms with Crippen molar-refractivity contribution in [2.45, 2.75) is 40.2 Å². The van der Waals surface area contributed by atoms with Gasteiger partial charge < -0.3 is 14.5 Å². The summed E-state index contributed by atoms with van der Waals surface area (Å²) in [5.74, 6) is 0.00174. The number of benzene rings is 1. The SMILES string of the molecule is CCOC(=O)N1CCCC(C(=O)N(CC)Cc2ccccc2C)C1. The summed E-state index contributed by atoms with van der Waals surface area (Å²) in [5, 5.41) is 0. The van der Waals surface area contributed by atoms with Gasteiger partial charge in [0.15, 0.2) is 0 Å². The van der Waals surface area contributed by atoms with Crippen molar-refractivity contribution in [2.75, 3.05) is 26.2 Å². The lowest BCUT2D eigenvalue weighted by atomic mass is 9.96. The molecule has 24 heavy (non-hydrogen) atoms. The lowest BCUT2D eigenvalue weighted by Gasteiger charge is -2.34. The van der Waals surface area contributed by atoms with Crippen LogP contribution in [0.3, 0.4) is 0 Å². The number of aryl methyl sites for hydroxylation is 1. The molecule has 1 unspecified atom stereocenters. The Morgan fingerprint density at radius 1 is 1.29 bits per heavy atom. The molecule has 2 rings (SSSR count). The summed E-state index contributed by atoms with van der Waals surface area (Å²) in [4.78, 5) is 28.4. The highest BCUT2D eigenvalue weighted by atomic mass is 16.6. The van der Waals surface area contributed by atoms with Crippen molar-refractivity contribution >= 4 is 12.0 Å². The Balaban J connectivity index is 2.02. The molecule has 0 bridgehead atoms. The Morgan fingerprint density at radius 3 is 2.71 bits per heavy atom. The third-order valence-corrected chi connectivity index (χ3v) is 4.61. The molecule has 0 aromatic heterocycles. The Labute approximate surface area is 144 Å². The second-order valence-electron chi connectivity index (χ2n) is 6.26. The van der Waals surface area contributed by atoms with Crippen LogP contribution in [-0.2, 0) is 16.1 Å². The maximum absolute atomic E-state index is 12.9. The Bertz CT molecular complexity index is 573. The number of hydrogen-bond acceptors (Lipinski definition) is 3. The van der Waals surface area contributed by atoms with Crippen molar-refractivity contribution in [3.63, 3.8) is 0 Å². The van der Waals surface area contributed by atoms with E-state index in [1.54, 1.807) is 11.8 Å². The van der Waals surface area contributed by atoms with Gasteiger partial charge in [-0.05, 0) is 44.7 Å². The van der Waals surface area contributed by atoms with E-state index < -0.39 is 0 Å². The summed E-state index contributed by atoms with van der Waals surface area (Å²) in [6, 6.07) is 8.15. The summed E-state index contributed by atoms with van der Waals surface area (Å²) in [6.07, 6.45) is 1.37. The third-order valence-electron chi connectivity index (χ3n) is 4.61. The van der Waals surface area contributed by atoms with Crippen molar-refractivity contribution in [1.82, 2.24) is 9.80 Å². The van der Waals surface area contributed by atoms with Crippen LogP contribution in [0, 0.1) is 12.8 Å². The van der Waals surface area contributed by atoms with Crippen molar-refractivity contribution in [1.29, 1.82) is 0 Å². The first-order chi connectivity index (χ1) is 11.6. The number of nitrogens with zero attached hydrogens (tertiary/aromatic N) is 2. The molecule has 0 saturated carbocycles. The van der Waals surface area contributed by atoms with Gasteiger partial charge in [0.2, 0.25) is 5.91 Å². The highest BCUT2D eigenvalue weighted by Crippen LogP contribution is 2.21. The molecule has 1 aliphatic heterocycles. The van der Waals surface area contributed by atoms with Gasteiger partial charge in [-0.25, -0.2) is 4.79 Å². The number of ether oxygens (including phenoxy) is 1. The van der Waals surface area contributed by atoms with Crippen molar-refractivity contribution in [2.24, 2.45) is 5.92 Å². The molecular weight excluding hydrogens is 304 g/mol. The first-order valence-corrected chi connectivity index (χ1v) is 8.81. The molecule has 1 aromatic rings. The van der Waals surface area contributed by atoms with Gasteiger partial charge in [-0.15, -0.1) is 0 Å². The summed E-state index contributed by atoms with van der Waals surface area (Å²) >= 11 is 0. The Kier molecular flexibility index (Phi) is 6.64. The molecule has 0 radical (unpaired) electrons. The molecule has 5 heteroatoms. The quantitative estimate of drug-likeness (QED) is 0.832. The Morgan fingerprint density at radius 2 is 2.04 bits per heavy atom. The topological polar surface area (TPSA) is 49.9 Å². The number of carbonyl (C=O) groups is 2.